The van der Waals surface area contributed by atoms with Gasteiger partial charge in [0, 0.05) is 12.2 Å². The number of rotatable bonds is 11. The molecule has 4 heteroatoms. The normalized spacial score (nSPS) is 11.1. The molecule has 2 rings (SSSR count). The van der Waals surface area contributed by atoms with Gasteiger partial charge in [-0.05, 0) is 62.8 Å². The highest BCUT2D eigenvalue weighted by molar-refractivity contribution is 5.87. The van der Waals surface area contributed by atoms with E-state index in [-0.39, 0.29) is 11.9 Å². The summed E-state index contributed by atoms with van der Waals surface area (Å²) >= 11 is 0. The van der Waals surface area contributed by atoms with Gasteiger partial charge in [-0.3, -0.25) is 0 Å². The Kier molecular flexibility index (Phi) is 10.1. The fourth-order valence-electron chi connectivity index (χ4n) is 2.68. The third kappa shape index (κ3) is 9.87. The average molecular weight is 407 g/mol. The van der Waals surface area contributed by atoms with E-state index in [0.29, 0.717) is 13.2 Å². The maximum atomic E-state index is 11.7. The number of carbonyl (C=O) groups is 2. The standard InChI is InChI=1S/C26H30O4/c1-21-7-11-23(12-8-21)15-17-25(27)29-19-5-3-4-6-20-30-26(28)18-16-24-13-9-22(2)10-14-24/h7-18H,3-6,19-20H2,1-2H3. The summed E-state index contributed by atoms with van der Waals surface area (Å²) < 4.78 is 10.4. The molecule has 0 aliphatic rings. The first-order valence-electron chi connectivity index (χ1n) is 10.4. The van der Waals surface area contributed by atoms with Crippen molar-refractivity contribution in [2.24, 2.45) is 0 Å². The highest BCUT2D eigenvalue weighted by Gasteiger charge is 1.99. The molecule has 0 aliphatic carbocycles. The van der Waals surface area contributed by atoms with Gasteiger partial charge in [0.1, 0.15) is 0 Å². The molecule has 0 atom stereocenters. The summed E-state index contributed by atoms with van der Waals surface area (Å²) in [6.07, 6.45) is 9.85. The second-order valence-electron chi connectivity index (χ2n) is 7.24. The summed E-state index contributed by atoms with van der Waals surface area (Å²) in [4.78, 5) is 23.4. The smallest absolute Gasteiger partial charge is 0.330 e. The highest BCUT2D eigenvalue weighted by Crippen LogP contribution is 2.07. The molecule has 158 valence electrons. The first-order valence-corrected chi connectivity index (χ1v) is 10.4. The molecule has 0 bridgehead atoms. The maximum absolute atomic E-state index is 11.7. The minimum absolute atomic E-state index is 0.329. The summed E-state index contributed by atoms with van der Waals surface area (Å²) in [7, 11) is 0. The van der Waals surface area contributed by atoms with Crippen LogP contribution in [-0.4, -0.2) is 25.2 Å². The molecule has 0 saturated carbocycles. The van der Waals surface area contributed by atoms with Gasteiger partial charge in [-0.2, -0.15) is 0 Å². The number of unbranched alkanes of at least 4 members (excludes halogenated alkanes) is 3. The SMILES string of the molecule is Cc1ccc(C=CC(=O)OCCCCCCOC(=O)C=Cc2ccc(C)cc2)cc1. The Morgan fingerprint density at radius 1 is 0.633 bits per heavy atom. The monoisotopic (exact) mass is 406 g/mol. The van der Waals surface area contributed by atoms with Crippen molar-refractivity contribution in [1.29, 1.82) is 0 Å². The fourth-order valence-corrected chi connectivity index (χ4v) is 2.68. The molecule has 0 saturated heterocycles. The van der Waals surface area contributed by atoms with E-state index in [0.717, 1.165) is 36.8 Å². The Morgan fingerprint density at radius 3 is 1.37 bits per heavy atom. The van der Waals surface area contributed by atoms with Crippen molar-refractivity contribution in [3.8, 4) is 0 Å². The molecule has 0 amide bonds. The molecule has 0 spiro atoms. The molecule has 0 N–H and O–H groups in total. The van der Waals surface area contributed by atoms with Crippen molar-refractivity contribution in [2.75, 3.05) is 13.2 Å². The van der Waals surface area contributed by atoms with E-state index < -0.39 is 0 Å². The zero-order valence-electron chi connectivity index (χ0n) is 17.8. The highest BCUT2D eigenvalue weighted by atomic mass is 16.5. The number of hydrogen-bond donors (Lipinski definition) is 0. The van der Waals surface area contributed by atoms with Crippen molar-refractivity contribution in [3.63, 3.8) is 0 Å². The van der Waals surface area contributed by atoms with Crippen LogP contribution in [0.1, 0.15) is 47.9 Å². The number of benzene rings is 2. The molecule has 0 unspecified atom stereocenters. The number of ether oxygens (including phenoxy) is 2. The summed E-state index contributed by atoms with van der Waals surface area (Å²) in [5.74, 6) is -0.658. The van der Waals surface area contributed by atoms with Gasteiger partial charge < -0.3 is 9.47 Å². The minimum Gasteiger partial charge on any atom is -0.463 e. The molecule has 30 heavy (non-hydrogen) atoms. The van der Waals surface area contributed by atoms with Crippen LogP contribution < -0.4 is 0 Å². The van der Waals surface area contributed by atoms with E-state index in [1.807, 2.05) is 62.4 Å². The number of carbonyl (C=O) groups excluding carboxylic acids is 2. The lowest BCUT2D eigenvalue weighted by Crippen LogP contribution is -2.03. The lowest BCUT2D eigenvalue weighted by molar-refractivity contribution is -0.139. The topological polar surface area (TPSA) is 52.6 Å². The fraction of sp³-hybridized carbons (Fsp3) is 0.308. The second kappa shape index (κ2) is 13.2. The van der Waals surface area contributed by atoms with Gasteiger partial charge in [-0.15, -0.1) is 0 Å². The predicted molar refractivity (Wildman–Crippen MR) is 121 cm³/mol. The van der Waals surface area contributed by atoms with Gasteiger partial charge in [0.2, 0.25) is 0 Å². The van der Waals surface area contributed by atoms with Crippen LogP contribution in [0.25, 0.3) is 12.2 Å². The molecule has 2 aromatic carbocycles. The van der Waals surface area contributed by atoms with E-state index in [2.05, 4.69) is 0 Å². The Labute approximate surface area is 179 Å². The van der Waals surface area contributed by atoms with E-state index in [1.54, 1.807) is 12.2 Å². The Bertz CT molecular complexity index is 772. The van der Waals surface area contributed by atoms with Crippen molar-refractivity contribution < 1.29 is 19.1 Å². The summed E-state index contributed by atoms with van der Waals surface area (Å²) in [6.45, 7) is 4.84. The zero-order valence-corrected chi connectivity index (χ0v) is 17.8. The molecular formula is C26H30O4. The third-order valence-corrected chi connectivity index (χ3v) is 4.51. The van der Waals surface area contributed by atoms with Crippen molar-refractivity contribution in [3.05, 3.63) is 82.9 Å². The van der Waals surface area contributed by atoms with Crippen LogP contribution in [0.5, 0.6) is 0 Å². The predicted octanol–water partition coefficient (Wildman–Crippen LogP) is 5.68. The Balaban J connectivity index is 1.48. The molecule has 0 fully saturated rings. The Hall–Kier alpha value is -3.14. The molecular weight excluding hydrogens is 376 g/mol. The van der Waals surface area contributed by atoms with Gasteiger partial charge in [-0.25, -0.2) is 9.59 Å². The largest absolute Gasteiger partial charge is 0.463 e. The van der Waals surface area contributed by atoms with Gasteiger partial charge >= 0.3 is 11.9 Å². The van der Waals surface area contributed by atoms with Crippen molar-refractivity contribution in [1.82, 2.24) is 0 Å². The zero-order chi connectivity index (χ0) is 21.6. The molecule has 0 aliphatic heterocycles. The van der Waals surface area contributed by atoms with E-state index in [4.69, 9.17) is 9.47 Å². The van der Waals surface area contributed by atoms with Crippen molar-refractivity contribution >= 4 is 24.1 Å². The van der Waals surface area contributed by atoms with Crippen molar-refractivity contribution in [2.45, 2.75) is 39.5 Å². The number of hydrogen-bond acceptors (Lipinski definition) is 4. The van der Waals surface area contributed by atoms with E-state index in [1.165, 1.54) is 23.3 Å². The Morgan fingerprint density at radius 2 is 1.00 bits per heavy atom. The van der Waals surface area contributed by atoms with Gasteiger partial charge in [0.05, 0.1) is 13.2 Å². The average Bonchev–Trinajstić information content (AvgIpc) is 2.74. The van der Waals surface area contributed by atoms with E-state index >= 15 is 0 Å². The molecule has 0 radical (unpaired) electrons. The number of esters is 2. The summed E-state index contributed by atoms with van der Waals surface area (Å²) in [6, 6.07) is 15.9. The van der Waals surface area contributed by atoms with Crippen LogP contribution in [0.4, 0.5) is 0 Å². The van der Waals surface area contributed by atoms with Gasteiger partial charge in [0.25, 0.3) is 0 Å². The lowest BCUT2D eigenvalue weighted by atomic mass is 10.1. The molecule has 2 aromatic rings. The first-order chi connectivity index (χ1) is 14.5. The third-order valence-electron chi connectivity index (χ3n) is 4.51. The second-order valence-corrected chi connectivity index (χ2v) is 7.24. The van der Waals surface area contributed by atoms with Crippen LogP contribution >= 0.6 is 0 Å². The van der Waals surface area contributed by atoms with Crippen LogP contribution in [0.2, 0.25) is 0 Å². The van der Waals surface area contributed by atoms with Crippen LogP contribution in [-0.2, 0) is 19.1 Å². The molecule has 0 heterocycles. The summed E-state index contributed by atoms with van der Waals surface area (Å²) in [5, 5.41) is 0. The van der Waals surface area contributed by atoms with Crippen LogP contribution in [0.3, 0.4) is 0 Å². The van der Waals surface area contributed by atoms with Crippen LogP contribution in [0.15, 0.2) is 60.7 Å². The quantitative estimate of drug-likeness (QED) is 0.274. The summed E-state index contributed by atoms with van der Waals surface area (Å²) in [5.41, 5.74) is 4.31. The maximum Gasteiger partial charge on any atom is 0.330 e. The molecule has 4 nitrogen and oxygen atoms in total. The lowest BCUT2D eigenvalue weighted by Gasteiger charge is -2.04. The molecule has 0 aromatic heterocycles. The number of aryl methyl sites for hydroxylation is 2. The van der Waals surface area contributed by atoms with Crippen LogP contribution in [0, 0.1) is 13.8 Å². The first kappa shape index (κ1) is 23.1. The van der Waals surface area contributed by atoms with E-state index in [9.17, 15) is 9.59 Å². The van der Waals surface area contributed by atoms with Gasteiger partial charge in [0.15, 0.2) is 0 Å². The minimum atomic E-state index is -0.329. The van der Waals surface area contributed by atoms with Gasteiger partial charge in [-0.1, -0.05) is 59.7 Å².